The van der Waals surface area contributed by atoms with Crippen molar-refractivity contribution in [2.45, 2.75) is 45.1 Å². The molecule has 1 N–H and O–H groups in total. The van der Waals surface area contributed by atoms with E-state index < -0.39 is 0 Å². The van der Waals surface area contributed by atoms with Crippen LogP contribution in [-0.4, -0.2) is 17.6 Å². The van der Waals surface area contributed by atoms with Crippen molar-refractivity contribution in [2.75, 3.05) is 6.54 Å². The molecular formula is C11H18N2S. The zero-order valence-corrected chi connectivity index (χ0v) is 9.57. The van der Waals surface area contributed by atoms with Gasteiger partial charge in [0.05, 0.1) is 10.7 Å². The summed E-state index contributed by atoms with van der Waals surface area (Å²) in [6, 6.07) is 0.824. The first-order valence-electron chi connectivity index (χ1n) is 5.55. The smallest absolute Gasteiger partial charge is 0.0940 e. The molecule has 2 rings (SSSR count). The van der Waals surface area contributed by atoms with Crippen molar-refractivity contribution in [2.24, 2.45) is 0 Å². The van der Waals surface area contributed by atoms with Crippen LogP contribution in [0.15, 0.2) is 5.38 Å². The van der Waals surface area contributed by atoms with Crippen molar-refractivity contribution < 1.29 is 0 Å². The molecule has 1 fully saturated rings. The second-order valence-corrected chi connectivity index (χ2v) is 4.90. The number of rotatable bonds is 6. The summed E-state index contributed by atoms with van der Waals surface area (Å²) in [4.78, 5) is 4.60. The van der Waals surface area contributed by atoms with E-state index in [4.69, 9.17) is 0 Å². The molecule has 0 radical (unpaired) electrons. The quantitative estimate of drug-likeness (QED) is 0.780. The monoisotopic (exact) mass is 210 g/mol. The molecule has 78 valence electrons. The Morgan fingerprint density at radius 3 is 3.07 bits per heavy atom. The maximum absolute atomic E-state index is 4.60. The molecule has 1 aliphatic carbocycles. The summed E-state index contributed by atoms with van der Waals surface area (Å²) in [6.07, 6.45) is 6.18. The fourth-order valence-electron chi connectivity index (χ4n) is 1.51. The van der Waals surface area contributed by atoms with Crippen molar-refractivity contribution in [1.82, 2.24) is 10.3 Å². The van der Waals surface area contributed by atoms with Gasteiger partial charge < -0.3 is 5.32 Å². The first-order chi connectivity index (χ1) is 6.88. The summed E-state index contributed by atoms with van der Waals surface area (Å²) in [5.74, 6) is 0. The first-order valence-corrected chi connectivity index (χ1v) is 6.43. The van der Waals surface area contributed by atoms with E-state index in [0.717, 1.165) is 25.4 Å². The van der Waals surface area contributed by atoms with Gasteiger partial charge in [0.15, 0.2) is 0 Å². The summed E-state index contributed by atoms with van der Waals surface area (Å²) in [7, 11) is 0. The first kappa shape index (κ1) is 10.1. The van der Waals surface area contributed by atoms with Crippen molar-refractivity contribution in [3.8, 4) is 0 Å². The number of nitrogens with one attached hydrogen (secondary N) is 1. The maximum Gasteiger partial charge on any atom is 0.0940 e. The lowest BCUT2D eigenvalue weighted by molar-refractivity contribution is 0.679. The van der Waals surface area contributed by atoms with Crippen LogP contribution in [0.3, 0.4) is 0 Å². The van der Waals surface area contributed by atoms with Gasteiger partial charge in [-0.15, -0.1) is 11.3 Å². The molecule has 0 bridgehead atoms. The lowest BCUT2D eigenvalue weighted by Crippen LogP contribution is -2.19. The fraction of sp³-hybridized carbons (Fsp3) is 0.727. The van der Waals surface area contributed by atoms with Crippen LogP contribution >= 0.6 is 11.3 Å². The number of hydrogen-bond donors (Lipinski definition) is 1. The molecule has 0 aliphatic heterocycles. The minimum absolute atomic E-state index is 0.824. The zero-order valence-electron chi connectivity index (χ0n) is 8.75. The summed E-state index contributed by atoms with van der Waals surface area (Å²) in [5, 5.41) is 7.01. The van der Waals surface area contributed by atoms with Gasteiger partial charge in [-0.25, -0.2) is 4.98 Å². The van der Waals surface area contributed by atoms with Crippen LogP contribution < -0.4 is 5.32 Å². The van der Waals surface area contributed by atoms with Crippen molar-refractivity contribution in [3.63, 3.8) is 0 Å². The fourth-order valence-corrected chi connectivity index (χ4v) is 2.34. The average molecular weight is 210 g/mol. The Labute approximate surface area is 89.8 Å². The Hall–Kier alpha value is -0.410. The van der Waals surface area contributed by atoms with Crippen LogP contribution in [-0.2, 0) is 12.8 Å². The molecule has 2 nitrogen and oxygen atoms in total. The summed E-state index contributed by atoms with van der Waals surface area (Å²) >= 11 is 1.81. The molecule has 3 heteroatoms. The predicted octanol–water partition coefficient (Wildman–Crippen LogP) is 2.39. The van der Waals surface area contributed by atoms with Crippen LogP contribution in [0.2, 0.25) is 0 Å². The van der Waals surface area contributed by atoms with E-state index >= 15 is 0 Å². The van der Waals surface area contributed by atoms with Gasteiger partial charge >= 0.3 is 0 Å². The highest BCUT2D eigenvalue weighted by atomic mass is 32.1. The number of aryl methyl sites for hydroxylation is 1. The Morgan fingerprint density at radius 1 is 1.50 bits per heavy atom. The second kappa shape index (κ2) is 4.89. The molecule has 0 atom stereocenters. The van der Waals surface area contributed by atoms with Crippen molar-refractivity contribution >= 4 is 11.3 Å². The molecule has 1 heterocycles. The Balaban J connectivity index is 1.71. The summed E-state index contributed by atoms with van der Waals surface area (Å²) in [5.41, 5.74) is 1.28. The minimum atomic E-state index is 0.824. The van der Waals surface area contributed by atoms with Crippen molar-refractivity contribution in [1.29, 1.82) is 0 Å². The predicted molar refractivity (Wildman–Crippen MR) is 60.8 cm³/mol. The van der Waals surface area contributed by atoms with Gasteiger partial charge in [0.1, 0.15) is 0 Å². The molecule has 0 spiro atoms. The molecule has 0 saturated heterocycles. The third-order valence-corrected chi connectivity index (χ3v) is 3.41. The lowest BCUT2D eigenvalue weighted by atomic mass is 10.3. The van der Waals surface area contributed by atoms with Gasteiger partial charge in [0.25, 0.3) is 0 Å². The van der Waals surface area contributed by atoms with E-state index in [1.54, 1.807) is 0 Å². The Bertz CT molecular complexity index is 279. The van der Waals surface area contributed by atoms with E-state index in [1.807, 2.05) is 11.3 Å². The van der Waals surface area contributed by atoms with Gasteiger partial charge in [-0.2, -0.15) is 0 Å². The highest BCUT2D eigenvalue weighted by Crippen LogP contribution is 2.18. The summed E-state index contributed by atoms with van der Waals surface area (Å²) < 4.78 is 0. The van der Waals surface area contributed by atoms with Gasteiger partial charge in [-0.1, -0.05) is 13.3 Å². The highest BCUT2D eigenvalue weighted by molar-refractivity contribution is 7.09. The molecule has 0 unspecified atom stereocenters. The van der Waals surface area contributed by atoms with E-state index in [9.17, 15) is 0 Å². The topological polar surface area (TPSA) is 24.9 Å². The third-order valence-electron chi connectivity index (χ3n) is 2.45. The number of aromatic nitrogens is 1. The summed E-state index contributed by atoms with van der Waals surface area (Å²) in [6.45, 7) is 3.30. The molecule has 0 amide bonds. The Kier molecular flexibility index (Phi) is 3.54. The zero-order chi connectivity index (χ0) is 9.80. The number of hydrogen-bond acceptors (Lipinski definition) is 3. The molecule has 1 aromatic rings. The van der Waals surface area contributed by atoms with Crippen LogP contribution in [0.1, 0.15) is 36.9 Å². The van der Waals surface area contributed by atoms with Gasteiger partial charge in [0.2, 0.25) is 0 Å². The van der Waals surface area contributed by atoms with E-state index in [2.05, 4.69) is 22.6 Å². The molecule has 14 heavy (non-hydrogen) atoms. The van der Waals surface area contributed by atoms with E-state index in [0.29, 0.717) is 0 Å². The molecule has 1 saturated carbocycles. The minimum Gasteiger partial charge on any atom is -0.314 e. The number of nitrogens with zero attached hydrogens (tertiary/aromatic N) is 1. The van der Waals surface area contributed by atoms with Crippen molar-refractivity contribution in [3.05, 3.63) is 16.1 Å². The van der Waals surface area contributed by atoms with Crippen LogP contribution in [0.25, 0.3) is 0 Å². The van der Waals surface area contributed by atoms with E-state index in [-0.39, 0.29) is 0 Å². The van der Waals surface area contributed by atoms with Gasteiger partial charge in [-0.05, 0) is 19.3 Å². The molecule has 1 aliphatic rings. The maximum atomic E-state index is 4.60. The molecule has 0 aromatic carbocycles. The SMILES string of the molecule is CCCc1csc(CCNC2CC2)n1. The van der Waals surface area contributed by atoms with Gasteiger partial charge in [0, 0.05) is 24.4 Å². The highest BCUT2D eigenvalue weighted by Gasteiger charge is 2.19. The molecular weight excluding hydrogens is 192 g/mol. The lowest BCUT2D eigenvalue weighted by Gasteiger charge is -1.98. The van der Waals surface area contributed by atoms with Crippen LogP contribution in [0.4, 0.5) is 0 Å². The second-order valence-electron chi connectivity index (χ2n) is 3.96. The average Bonchev–Trinajstić information content (AvgIpc) is 2.88. The Morgan fingerprint density at radius 2 is 2.36 bits per heavy atom. The van der Waals surface area contributed by atoms with E-state index in [1.165, 1.54) is 30.0 Å². The van der Waals surface area contributed by atoms with Crippen LogP contribution in [0, 0.1) is 0 Å². The normalized spacial score (nSPS) is 16.1. The number of thiazole rings is 1. The molecule has 1 aromatic heterocycles. The van der Waals surface area contributed by atoms with Gasteiger partial charge in [-0.3, -0.25) is 0 Å². The standard InChI is InChI=1S/C11H18N2S/c1-2-3-10-8-14-11(13-10)6-7-12-9-4-5-9/h8-9,12H,2-7H2,1H3. The third kappa shape index (κ3) is 3.07. The largest absolute Gasteiger partial charge is 0.314 e. The van der Waals surface area contributed by atoms with Crippen LogP contribution in [0.5, 0.6) is 0 Å².